The third kappa shape index (κ3) is 12.9. The van der Waals surface area contributed by atoms with Gasteiger partial charge >= 0.3 is 0 Å². The first-order valence-corrected chi connectivity index (χ1v) is 13.9. The molecule has 0 aliphatic carbocycles. The summed E-state index contributed by atoms with van der Waals surface area (Å²) in [5.41, 5.74) is 0. The Labute approximate surface area is 190 Å². The van der Waals surface area contributed by atoms with Crippen molar-refractivity contribution in [3.8, 4) is 0 Å². The van der Waals surface area contributed by atoms with Crippen molar-refractivity contribution in [1.29, 1.82) is 0 Å². The lowest BCUT2D eigenvalue weighted by molar-refractivity contribution is 0.114. The highest BCUT2D eigenvalue weighted by Crippen LogP contribution is 2.24. The van der Waals surface area contributed by atoms with Gasteiger partial charge in [-0.05, 0) is 33.1 Å². The van der Waals surface area contributed by atoms with E-state index in [-0.39, 0.29) is 0 Å². The molecule has 1 atom stereocenters. The number of hydrogen-bond donors (Lipinski definition) is 0. The van der Waals surface area contributed by atoms with Crippen LogP contribution in [0.15, 0.2) is 12.4 Å². The van der Waals surface area contributed by atoms with E-state index in [4.69, 9.17) is 0 Å². The molecule has 0 saturated carbocycles. The molecule has 178 valence electrons. The molecule has 0 saturated heterocycles. The zero-order valence-corrected chi connectivity index (χ0v) is 21.3. The van der Waals surface area contributed by atoms with Gasteiger partial charge in [-0.2, -0.15) is 0 Å². The lowest BCUT2D eigenvalue weighted by atomic mass is 10.0. The van der Waals surface area contributed by atoms with E-state index in [1.54, 1.807) is 0 Å². The van der Waals surface area contributed by atoms with Crippen LogP contribution in [0.3, 0.4) is 0 Å². The molecule has 0 bridgehead atoms. The number of unbranched alkanes of at least 4 members (excludes halogenated alkanes) is 16. The zero-order chi connectivity index (χ0) is 21.9. The van der Waals surface area contributed by atoms with Crippen molar-refractivity contribution in [2.75, 3.05) is 6.54 Å². The first-order chi connectivity index (χ1) is 14.7. The van der Waals surface area contributed by atoms with Crippen LogP contribution in [0.25, 0.3) is 0 Å². The molecule has 1 aliphatic heterocycles. The fourth-order valence-corrected chi connectivity index (χ4v) is 4.83. The molecule has 30 heavy (non-hydrogen) atoms. The summed E-state index contributed by atoms with van der Waals surface area (Å²) in [7, 11) is 0. The Morgan fingerprint density at radius 1 is 0.567 bits per heavy atom. The van der Waals surface area contributed by atoms with Gasteiger partial charge < -0.3 is 9.80 Å². The smallest absolute Gasteiger partial charge is 0.101 e. The van der Waals surface area contributed by atoms with Gasteiger partial charge in [0.05, 0.1) is 0 Å². The molecule has 0 N–H and O–H groups in total. The Morgan fingerprint density at radius 3 is 1.47 bits per heavy atom. The number of hydrogen-bond acceptors (Lipinski definition) is 2. The predicted octanol–water partition coefficient (Wildman–Crippen LogP) is 9.26. The van der Waals surface area contributed by atoms with Crippen LogP contribution in [0.4, 0.5) is 0 Å². The molecule has 1 rings (SSSR count). The van der Waals surface area contributed by atoms with E-state index in [2.05, 4.69) is 49.9 Å². The first kappa shape index (κ1) is 27.4. The second kappa shape index (κ2) is 19.1. The topological polar surface area (TPSA) is 6.48 Å². The van der Waals surface area contributed by atoms with Crippen molar-refractivity contribution < 1.29 is 0 Å². The van der Waals surface area contributed by atoms with Crippen molar-refractivity contribution >= 4 is 0 Å². The second-order valence-corrected chi connectivity index (χ2v) is 10.0. The molecule has 0 spiro atoms. The van der Waals surface area contributed by atoms with Gasteiger partial charge in [0.15, 0.2) is 0 Å². The molecule has 0 aromatic rings. The van der Waals surface area contributed by atoms with Crippen molar-refractivity contribution in [2.45, 2.75) is 162 Å². The van der Waals surface area contributed by atoms with Crippen molar-refractivity contribution in [3.63, 3.8) is 0 Å². The molecule has 2 heteroatoms. The van der Waals surface area contributed by atoms with Crippen molar-refractivity contribution in [2.24, 2.45) is 0 Å². The monoisotopic (exact) mass is 420 g/mol. The zero-order valence-electron chi connectivity index (χ0n) is 21.3. The van der Waals surface area contributed by atoms with E-state index >= 15 is 0 Å². The highest BCUT2D eigenvalue weighted by atomic mass is 15.4. The molecule has 2 nitrogen and oxygen atoms in total. The summed E-state index contributed by atoms with van der Waals surface area (Å²) in [6.07, 6.45) is 32.3. The average Bonchev–Trinajstić information content (AvgIpc) is 3.14. The molecule has 0 radical (unpaired) electrons. The Bertz CT molecular complexity index is 390. The minimum Gasteiger partial charge on any atom is -0.356 e. The summed E-state index contributed by atoms with van der Waals surface area (Å²) in [6.45, 7) is 10.5. The first-order valence-electron chi connectivity index (χ1n) is 13.9. The lowest BCUT2D eigenvalue weighted by Crippen LogP contribution is -2.42. The van der Waals surface area contributed by atoms with Crippen LogP contribution in [0.1, 0.15) is 150 Å². The number of nitrogens with zero attached hydrogens (tertiary/aromatic N) is 2. The van der Waals surface area contributed by atoms with E-state index in [0.29, 0.717) is 12.2 Å². The second-order valence-electron chi connectivity index (χ2n) is 10.0. The normalized spacial score (nSPS) is 16.4. The maximum atomic E-state index is 2.63. The SMILES string of the molecule is CCCCCCCCCCCCCCCC1N(CCCCCCC)C=CN1C(C)C. The molecular formula is C28H56N2. The van der Waals surface area contributed by atoms with Gasteiger partial charge in [-0.3, -0.25) is 0 Å². The van der Waals surface area contributed by atoms with Gasteiger partial charge in [0.1, 0.15) is 6.17 Å². The third-order valence-electron chi connectivity index (χ3n) is 6.84. The Balaban J connectivity index is 2.06. The molecule has 0 aromatic heterocycles. The highest BCUT2D eigenvalue weighted by molar-refractivity contribution is 4.98. The minimum absolute atomic E-state index is 0.610. The van der Waals surface area contributed by atoms with Crippen LogP contribution in [0, 0.1) is 0 Å². The van der Waals surface area contributed by atoms with Gasteiger partial charge in [0.2, 0.25) is 0 Å². The summed E-state index contributed by atoms with van der Waals surface area (Å²) >= 11 is 0. The lowest BCUT2D eigenvalue weighted by Gasteiger charge is -2.35. The molecule has 0 amide bonds. The van der Waals surface area contributed by atoms with Gasteiger partial charge in [0.25, 0.3) is 0 Å². The summed E-state index contributed by atoms with van der Waals surface area (Å²) < 4.78 is 0. The summed E-state index contributed by atoms with van der Waals surface area (Å²) in [5.74, 6) is 0. The van der Waals surface area contributed by atoms with E-state index in [0.717, 1.165) is 0 Å². The van der Waals surface area contributed by atoms with Crippen LogP contribution < -0.4 is 0 Å². The van der Waals surface area contributed by atoms with Crippen molar-refractivity contribution in [3.05, 3.63) is 12.4 Å². The highest BCUT2D eigenvalue weighted by Gasteiger charge is 2.26. The summed E-state index contributed by atoms with van der Waals surface area (Å²) in [4.78, 5) is 5.22. The van der Waals surface area contributed by atoms with Crippen LogP contribution in [0.2, 0.25) is 0 Å². The maximum absolute atomic E-state index is 2.63. The fraction of sp³-hybridized carbons (Fsp3) is 0.929. The molecule has 1 aliphatic rings. The molecule has 1 unspecified atom stereocenters. The van der Waals surface area contributed by atoms with E-state index in [1.165, 1.54) is 129 Å². The average molecular weight is 421 g/mol. The van der Waals surface area contributed by atoms with Gasteiger partial charge in [-0.15, -0.1) is 0 Å². The van der Waals surface area contributed by atoms with Crippen LogP contribution >= 0.6 is 0 Å². The van der Waals surface area contributed by atoms with Crippen molar-refractivity contribution in [1.82, 2.24) is 9.80 Å². The summed E-state index contributed by atoms with van der Waals surface area (Å²) in [6, 6.07) is 0.610. The molecule has 0 fully saturated rings. The maximum Gasteiger partial charge on any atom is 0.101 e. The Kier molecular flexibility index (Phi) is 17.4. The predicted molar refractivity (Wildman–Crippen MR) is 136 cm³/mol. The quantitative estimate of drug-likeness (QED) is 0.171. The summed E-state index contributed by atoms with van der Waals surface area (Å²) in [5, 5.41) is 0. The Hall–Kier alpha value is -0.660. The van der Waals surface area contributed by atoms with Gasteiger partial charge in [0, 0.05) is 25.0 Å². The van der Waals surface area contributed by atoms with Gasteiger partial charge in [-0.25, -0.2) is 0 Å². The standard InChI is InChI=1S/C28H56N2/c1-5-7-9-11-12-13-14-15-16-17-18-19-21-23-28-29(24-22-20-10-8-6-2)25-26-30(28)27(3)4/h25-28H,5-24H2,1-4H3. The molecule has 0 aromatic carbocycles. The van der Waals surface area contributed by atoms with E-state index in [9.17, 15) is 0 Å². The fourth-order valence-electron chi connectivity index (χ4n) is 4.83. The van der Waals surface area contributed by atoms with Crippen LogP contribution in [0.5, 0.6) is 0 Å². The van der Waals surface area contributed by atoms with Gasteiger partial charge in [-0.1, -0.05) is 117 Å². The third-order valence-corrected chi connectivity index (χ3v) is 6.84. The van der Waals surface area contributed by atoms with Crippen LogP contribution in [-0.4, -0.2) is 28.6 Å². The Morgan fingerprint density at radius 2 is 1.00 bits per heavy atom. The van der Waals surface area contributed by atoms with E-state index < -0.39 is 0 Å². The number of rotatable bonds is 21. The molecule has 1 heterocycles. The minimum atomic E-state index is 0.610. The van der Waals surface area contributed by atoms with E-state index in [1.807, 2.05) is 0 Å². The van der Waals surface area contributed by atoms with Crippen LogP contribution in [-0.2, 0) is 0 Å². The largest absolute Gasteiger partial charge is 0.356 e. The molecular weight excluding hydrogens is 364 g/mol.